The van der Waals surface area contributed by atoms with Crippen LogP contribution in [0.3, 0.4) is 0 Å². The second-order valence-corrected chi connectivity index (χ2v) is 5.57. The van der Waals surface area contributed by atoms with Crippen LogP contribution in [0.1, 0.15) is 30.6 Å². The van der Waals surface area contributed by atoms with Crippen molar-refractivity contribution in [3.05, 3.63) is 29.8 Å². The van der Waals surface area contributed by atoms with Crippen LogP contribution in [0.5, 0.6) is 0 Å². The Morgan fingerprint density at radius 3 is 2.65 bits per heavy atom. The molecule has 1 aliphatic heterocycles. The van der Waals surface area contributed by atoms with Crippen LogP contribution in [0.15, 0.2) is 24.3 Å². The van der Waals surface area contributed by atoms with E-state index in [-0.39, 0.29) is 11.9 Å². The van der Waals surface area contributed by atoms with Gasteiger partial charge >= 0.3 is 0 Å². The number of rotatable bonds is 3. The number of nitrogens with zero attached hydrogens (tertiary/aromatic N) is 2. The van der Waals surface area contributed by atoms with Gasteiger partial charge in [0.1, 0.15) is 0 Å². The molecule has 1 heterocycles. The number of likely N-dealkylation sites (N-methyl/N-ethyl adjacent to an activating group) is 1. The van der Waals surface area contributed by atoms with Crippen molar-refractivity contribution < 1.29 is 4.79 Å². The average molecular weight is 275 g/mol. The molecule has 0 aromatic heterocycles. The van der Waals surface area contributed by atoms with E-state index >= 15 is 0 Å². The minimum atomic E-state index is 0.149. The molecule has 1 aromatic carbocycles. The number of amides is 1. The van der Waals surface area contributed by atoms with Gasteiger partial charge < -0.3 is 15.1 Å². The third kappa shape index (κ3) is 3.51. The van der Waals surface area contributed by atoms with Crippen molar-refractivity contribution in [3.8, 4) is 0 Å². The van der Waals surface area contributed by atoms with Crippen molar-refractivity contribution in [1.29, 1.82) is 0 Å². The van der Waals surface area contributed by atoms with Crippen LogP contribution in [-0.2, 0) is 0 Å². The number of nitrogens with one attached hydrogen (secondary N) is 1. The Morgan fingerprint density at radius 1 is 1.30 bits per heavy atom. The summed E-state index contributed by atoms with van der Waals surface area (Å²) in [6.45, 7) is 7.94. The van der Waals surface area contributed by atoms with Crippen LogP contribution >= 0.6 is 0 Å². The maximum absolute atomic E-state index is 12.6. The fraction of sp³-hybridized carbons (Fsp3) is 0.562. The normalized spacial score (nSPS) is 20.6. The lowest BCUT2D eigenvalue weighted by Crippen LogP contribution is -2.41. The Hall–Kier alpha value is -1.55. The third-order valence-corrected chi connectivity index (χ3v) is 3.82. The summed E-state index contributed by atoms with van der Waals surface area (Å²) in [5.74, 6) is 0.149. The summed E-state index contributed by atoms with van der Waals surface area (Å²) in [6.07, 6.45) is 1.04. The molecule has 0 aliphatic carbocycles. The minimum absolute atomic E-state index is 0.149. The Kier molecular flexibility index (Phi) is 5.01. The zero-order valence-electron chi connectivity index (χ0n) is 12.7. The Balaban J connectivity index is 2.09. The highest BCUT2D eigenvalue weighted by atomic mass is 16.2. The van der Waals surface area contributed by atoms with Crippen LogP contribution in [0.25, 0.3) is 0 Å². The van der Waals surface area contributed by atoms with Gasteiger partial charge in [-0.05, 0) is 58.1 Å². The summed E-state index contributed by atoms with van der Waals surface area (Å²) in [6, 6.07) is 8.06. The number of hydrogen-bond acceptors (Lipinski definition) is 3. The van der Waals surface area contributed by atoms with E-state index in [1.54, 1.807) is 0 Å². The van der Waals surface area contributed by atoms with E-state index in [1.165, 1.54) is 0 Å². The smallest absolute Gasteiger partial charge is 0.254 e. The molecule has 0 saturated carbocycles. The van der Waals surface area contributed by atoms with E-state index in [0.717, 1.165) is 43.9 Å². The molecule has 2 rings (SSSR count). The predicted molar refractivity (Wildman–Crippen MR) is 83.2 cm³/mol. The molecule has 110 valence electrons. The largest absolute Gasteiger partial charge is 0.385 e. The van der Waals surface area contributed by atoms with Crippen LogP contribution in [-0.4, -0.2) is 55.0 Å². The van der Waals surface area contributed by atoms with Crippen LogP contribution in [0, 0.1) is 0 Å². The molecule has 1 aromatic rings. The second-order valence-electron chi connectivity index (χ2n) is 5.57. The number of anilines is 1. The van der Waals surface area contributed by atoms with Gasteiger partial charge in [0, 0.05) is 36.9 Å². The molecule has 0 radical (unpaired) electrons. The fourth-order valence-corrected chi connectivity index (χ4v) is 2.77. The maximum Gasteiger partial charge on any atom is 0.254 e. The van der Waals surface area contributed by atoms with Crippen molar-refractivity contribution >= 4 is 11.6 Å². The molecular weight excluding hydrogens is 250 g/mol. The lowest BCUT2D eigenvalue weighted by molar-refractivity contribution is 0.0696. The first-order valence-corrected chi connectivity index (χ1v) is 7.45. The molecule has 20 heavy (non-hydrogen) atoms. The zero-order chi connectivity index (χ0) is 14.5. The highest BCUT2D eigenvalue weighted by Gasteiger charge is 2.24. The number of carbonyl (C=O) groups is 1. The van der Waals surface area contributed by atoms with E-state index in [2.05, 4.69) is 31.1 Å². The van der Waals surface area contributed by atoms with Gasteiger partial charge in [-0.1, -0.05) is 0 Å². The lowest BCUT2D eigenvalue weighted by atomic mass is 10.1. The van der Waals surface area contributed by atoms with Gasteiger partial charge in [0.15, 0.2) is 0 Å². The molecular formula is C16H25N3O. The molecule has 4 heteroatoms. The highest BCUT2D eigenvalue weighted by Crippen LogP contribution is 2.15. The summed E-state index contributed by atoms with van der Waals surface area (Å²) in [4.78, 5) is 16.9. The topological polar surface area (TPSA) is 35.6 Å². The maximum atomic E-state index is 12.6. The summed E-state index contributed by atoms with van der Waals surface area (Å²) in [5.41, 5.74) is 1.84. The molecule has 0 bridgehead atoms. The Bertz CT molecular complexity index is 444. The highest BCUT2D eigenvalue weighted by molar-refractivity contribution is 5.94. The molecule has 0 spiro atoms. The van der Waals surface area contributed by atoms with Gasteiger partial charge in [-0.25, -0.2) is 0 Å². The van der Waals surface area contributed by atoms with Crippen molar-refractivity contribution in [3.63, 3.8) is 0 Å². The van der Waals surface area contributed by atoms with Crippen LogP contribution < -0.4 is 5.32 Å². The molecule has 1 aliphatic rings. The molecule has 1 saturated heterocycles. The van der Waals surface area contributed by atoms with E-state index < -0.39 is 0 Å². The SMILES string of the molecule is CCNc1ccc(C(=O)N2CCCN(C)CC2C)cc1. The molecule has 1 atom stereocenters. The van der Waals surface area contributed by atoms with Gasteiger partial charge in [-0.2, -0.15) is 0 Å². The van der Waals surface area contributed by atoms with Crippen molar-refractivity contribution in [2.24, 2.45) is 0 Å². The second kappa shape index (κ2) is 6.75. The van der Waals surface area contributed by atoms with Gasteiger partial charge in [-0.3, -0.25) is 4.79 Å². The van der Waals surface area contributed by atoms with E-state index in [9.17, 15) is 4.79 Å². The van der Waals surface area contributed by atoms with Crippen molar-refractivity contribution in [1.82, 2.24) is 9.80 Å². The number of carbonyl (C=O) groups excluding carboxylic acids is 1. The fourth-order valence-electron chi connectivity index (χ4n) is 2.77. The summed E-state index contributed by atoms with van der Waals surface area (Å²) < 4.78 is 0. The monoisotopic (exact) mass is 275 g/mol. The van der Waals surface area contributed by atoms with Crippen LogP contribution in [0.4, 0.5) is 5.69 Å². The van der Waals surface area contributed by atoms with E-state index in [4.69, 9.17) is 0 Å². The average Bonchev–Trinajstić information content (AvgIpc) is 2.60. The predicted octanol–water partition coefficient (Wildman–Crippen LogP) is 2.28. The zero-order valence-corrected chi connectivity index (χ0v) is 12.7. The Labute approximate surface area is 121 Å². The van der Waals surface area contributed by atoms with Gasteiger partial charge in [0.2, 0.25) is 0 Å². The molecule has 1 unspecified atom stereocenters. The Morgan fingerprint density at radius 2 is 2.00 bits per heavy atom. The quantitative estimate of drug-likeness (QED) is 0.919. The number of benzene rings is 1. The van der Waals surface area contributed by atoms with Gasteiger partial charge in [0.05, 0.1) is 0 Å². The van der Waals surface area contributed by atoms with Gasteiger partial charge in [0.25, 0.3) is 5.91 Å². The van der Waals surface area contributed by atoms with Crippen molar-refractivity contribution in [2.45, 2.75) is 26.3 Å². The van der Waals surface area contributed by atoms with E-state index in [0.29, 0.717) is 0 Å². The first-order valence-electron chi connectivity index (χ1n) is 7.45. The molecule has 1 N–H and O–H groups in total. The minimum Gasteiger partial charge on any atom is -0.385 e. The first-order chi connectivity index (χ1) is 9.61. The molecule has 1 amide bonds. The summed E-state index contributed by atoms with van der Waals surface area (Å²) in [5, 5.41) is 3.25. The number of hydrogen-bond donors (Lipinski definition) is 1. The standard InChI is InChI=1S/C16H25N3O/c1-4-17-15-8-6-14(7-9-15)16(20)19-11-5-10-18(3)12-13(19)2/h6-9,13,17H,4-5,10-12H2,1-3H3. The van der Waals surface area contributed by atoms with Gasteiger partial charge in [-0.15, -0.1) is 0 Å². The molecule has 1 fully saturated rings. The summed E-state index contributed by atoms with van der Waals surface area (Å²) >= 11 is 0. The molecule has 4 nitrogen and oxygen atoms in total. The van der Waals surface area contributed by atoms with Crippen LogP contribution in [0.2, 0.25) is 0 Å². The summed E-state index contributed by atoms with van der Waals surface area (Å²) in [7, 11) is 2.12. The first kappa shape index (κ1) is 14.9. The lowest BCUT2D eigenvalue weighted by Gasteiger charge is -2.28. The third-order valence-electron chi connectivity index (χ3n) is 3.82. The van der Waals surface area contributed by atoms with Crippen molar-refractivity contribution in [2.75, 3.05) is 38.5 Å². The van der Waals surface area contributed by atoms with E-state index in [1.807, 2.05) is 29.2 Å².